The summed E-state index contributed by atoms with van der Waals surface area (Å²) in [6.07, 6.45) is -1.58. The largest absolute Gasteiger partial charge is 0.481 e. The highest BCUT2D eigenvalue weighted by molar-refractivity contribution is 5.91. The number of ether oxygens (including phenoxy) is 2. The number of nitrogens with one attached hydrogen (secondary N) is 2. The van der Waals surface area contributed by atoms with Crippen molar-refractivity contribution < 1.29 is 33.8 Å². The van der Waals surface area contributed by atoms with E-state index >= 15 is 0 Å². The highest BCUT2D eigenvalue weighted by Crippen LogP contribution is 2.07. The number of hydrogen-bond donors (Lipinski definition) is 3. The van der Waals surface area contributed by atoms with Crippen LogP contribution in [0.1, 0.15) is 34.1 Å². The van der Waals surface area contributed by atoms with Crippen molar-refractivity contribution in [2.24, 2.45) is 0 Å². The van der Waals surface area contributed by atoms with Gasteiger partial charge in [-0.2, -0.15) is 0 Å². The SMILES string of the molecule is COC(=O)C(C)NC(=O)C(CC(=O)O)NC(=O)OC(C)(C)C. The van der Waals surface area contributed by atoms with Crippen molar-refractivity contribution in [1.82, 2.24) is 10.6 Å². The van der Waals surface area contributed by atoms with Crippen molar-refractivity contribution in [3.63, 3.8) is 0 Å². The van der Waals surface area contributed by atoms with Gasteiger partial charge >= 0.3 is 18.0 Å². The van der Waals surface area contributed by atoms with Gasteiger partial charge in [0.2, 0.25) is 5.91 Å². The molecule has 0 aromatic carbocycles. The Bertz CT molecular complexity index is 442. The molecule has 0 aliphatic carbocycles. The molecule has 0 saturated carbocycles. The summed E-state index contributed by atoms with van der Waals surface area (Å²) in [4.78, 5) is 45.6. The lowest BCUT2D eigenvalue weighted by Crippen LogP contribution is -2.52. The van der Waals surface area contributed by atoms with Crippen LogP contribution in [-0.4, -0.2) is 53.8 Å². The summed E-state index contributed by atoms with van der Waals surface area (Å²) < 4.78 is 9.40. The molecule has 0 bridgehead atoms. The lowest BCUT2D eigenvalue weighted by Gasteiger charge is -2.23. The Morgan fingerprint density at radius 3 is 2.09 bits per heavy atom. The maximum Gasteiger partial charge on any atom is 0.408 e. The molecule has 0 saturated heterocycles. The van der Waals surface area contributed by atoms with Crippen molar-refractivity contribution in [2.45, 2.75) is 51.8 Å². The number of carbonyl (C=O) groups excluding carboxylic acids is 3. The number of esters is 1. The van der Waals surface area contributed by atoms with Crippen LogP contribution in [0.15, 0.2) is 0 Å². The number of carboxylic acids is 1. The van der Waals surface area contributed by atoms with Gasteiger partial charge in [0.1, 0.15) is 17.7 Å². The lowest BCUT2D eigenvalue weighted by molar-refractivity contribution is -0.145. The van der Waals surface area contributed by atoms with E-state index < -0.39 is 48.0 Å². The molecule has 0 spiro atoms. The van der Waals surface area contributed by atoms with Crippen molar-refractivity contribution >= 4 is 23.9 Å². The van der Waals surface area contributed by atoms with Crippen LogP contribution >= 0.6 is 0 Å². The van der Waals surface area contributed by atoms with E-state index in [1.165, 1.54) is 6.92 Å². The smallest absolute Gasteiger partial charge is 0.408 e. The molecule has 0 aromatic heterocycles. The number of amides is 2. The first-order valence-corrected chi connectivity index (χ1v) is 6.55. The number of carbonyl (C=O) groups is 4. The van der Waals surface area contributed by atoms with Crippen molar-refractivity contribution in [3.8, 4) is 0 Å². The van der Waals surface area contributed by atoms with Gasteiger partial charge in [0.25, 0.3) is 0 Å². The quantitative estimate of drug-likeness (QED) is 0.589. The number of carboxylic acid groups (broad SMARTS) is 1. The van der Waals surface area contributed by atoms with Crippen LogP contribution in [0.25, 0.3) is 0 Å². The molecule has 22 heavy (non-hydrogen) atoms. The standard InChI is InChI=1S/C13H22N2O7/c1-7(11(19)21-5)14-10(18)8(6-9(16)17)15-12(20)22-13(2,3)4/h7-8H,6H2,1-5H3,(H,14,18)(H,15,20)(H,16,17). The lowest BCUT2D eigenvalue weighted by atomic mass is 10.1. The van der Waals surface area contributed by atoms with E-state index in [1.807, 2.05) is 0 Å². The van der Waals surface area contributed by atoms with Crippen LogP contribution in [0, 0.1) is 0 Å². The summed E-state index contributed by atoms with van der Waals surface area (Å²) in [5.74, 6) is -2.81. The second kappa shape index (κ2) is 8.20. The fraction of sp³-hybridized carbons (Fsp3) is 0.692. The first-order chi connectivity index (χ1) is 9.96. The Balaban J connectivity index is 4.82. The second-order valence-electron chi connectivity index (χ2n) is 5.55. The van der Waals surface area contributed by atoms with E-state index in [2.05, 4.69) is 15.4 Å². The Morgan fingerprint density at radius 2 is 1.68 bits per heavy atom. The first-order valence-electron chi connectivity index (χ1n) is 6.55. The summed E-state index contributed by atoms with van der Waals surface area (Å²) in [7, 11) is 1.15. The molecule has 0 aromatic rings. The molecule has 0 fully saturated rings. The van der Waals surface area contributed by atoms with Gasteiger partial charge in [0.05, 0.1) is 13.5 Å². The molecular weight excluding hydrogens is 296 g/mol. The predicted octanol–water partition coefficient (Wildman–Crippen LogP) is 0.0321. The van der Waals surface area contributed by atoms with E-state index in [0.29, 0.717) is 0 Å². The van der Waals surface area contributed by atoms with Crippen LogP contribution < -0.4 is 10.6 Å². The van der Waals surface area contributed by atoms with E-state index in [-0.39, 0.29) is 0 Å². The topological polar surface area (TPSA) is 131 Å². The highest BCUT2D eigenvalue weighted by atomic mass is 16.6. The number of methoxy groups -OCH3 is 1. The minimum atomic E-state index is -1.38. The van der Waals surface area contributed by atoms with Crippen molar-refractivity contribution in [2.75, 3.05) is 7.11 Å². The summed E-state index contributed by atoms with van der Waals surface area (Å²) in [5, 5.41) is 13.2. The summed E-state index contributed by atoms with van der Waals surface area (Å²) in [6.45, 7) is 6.24. The van der Waals surface area contributed by atoms with Crippen LogP contribution in [0.4, 0.5) is 4.79 Å². The predicted molar refractivity (Wildman–Crippen MR) is 75.0 cm³/mol. The molecule has 2 amide bonds. The van der Waals surface area contributed by atoms with Crippen molar-refractivity contribution in [1.29, 1.82) is 0 Å². The normalized spacial score (nSPS) is 13.5. The molecule has 0 rings (SSSR count). The Morgan fingerprint density at radius 1 is 1.14 bits per heavy atom. The van der Waals surface area contributed by atoms with Gasteiger partial charge in [-0.3, -0.25) is 9.59 Å². The van der Waals surface area contributed by atoms with Gasteiger partial charge in [0, 0.05) is 0 Å². The summed E-state index contributed by atoms with van der Waals surface area (Å²) in [6, 6.07) is -2.35. The van der Waals surface area contributed by atoms with Gasteiger partial charge in [-0.05, 0) is 27.7 Å². The van der Waals surface area contributed by atoms with Gasteiger partial charge in [-0.25, -0.2) is 9.59 Å². The monoisotopic (exact) mass is 318 g/mol. The molecule has 9 nitrogen and oxygen atoms in total. The van der Waals surface area contributed by atoms with Crippen LogP contribution in [0.2, 0.25) is 0 Å². The third-order valence-electron chi connectivity index (χ3n) is 2.30. The molecule has 2 unspecified atom stereocenters. The zero-order valence-corrected chi connectivity index (χ0v) is 13.3. The average molecular weight is 318 g/mol. The number of aliphatic carboxylic acids is 1. The van der Waals surface area contributed by atoms with E-state index in [9.17, 15) is 19.2 Å². The van der Waals surface area contributed by atoms with Crippen molar-refractivity contribution in [3.05, 3.63) is 0 Å². The Labute approximate surface area is 128 Å². The van der Waals surface area contributed by atoms with Crippen LogP contribution in [-0.2, 0) is 23.9 Å². The fourth-order valence-electron chi connectivity index (χ4n) is 1.38. The third-order valence-corrected chi connectivity index (χ3v) is 2.30. The average Bonchev–Trinajstić information content (AvgIpc) is 2.33. The molecule has 9 heteroatoms. The summed E-state index contributed by atoms with van der Waals surface area (Å²) >= 11 is 0. The van der Waals surface area contributed by atoms with E-state index in [0.717, 1.165) is 7.11 Å². The van der Waals surface area contributed by atoms with Crippen LogP contribution in [0.3, 0.4) is 0 Å². The summed E-state index contributed by atoms with van der Waals surface area (Å²) in [5.41, 5.74) is -0.798. The molecule has 0 aliphatic rings. The molecule has 126 valence electrons. The number of hydrogen-bond acceptors (Lipinski definition) is 6. The van der Waals surface area contributed by atoms with Gasteiger partial charge in [-0.15, -0.1) is 0 Å². The fourth-order valence-corrected chi connectivity index (χ4v) is 1.38. The van der Waals surface area contributed by atoms with Crippen LogP contribution in [0.5, 0.6) is 0 Å². The van der Waals surface area contributed by atoms with E-state index in [4.69, 9.17) is 9.84 Å². The van der Waals surface area contributed by atoms with E-state index in [1.54, 1.807) is 20.8 Å². The molecule has 0 radical (unpaired) electrons. The first kappa shape index (κ1) is 19.7. The number of rotatable bonds is 6. The minimum Gasteiger partial charge on any atom is -0.481 e. The molecule has 2 atom stereocenters. The van der Waals surface area contributed by atoms with Gasteiger partial charge < -0.3 is 25.2 Å². The molecular formula is C13H22N2O7. The molecule has 3 N–H and O–H groups in total. The van der Waals surface area contributed by atoms with Gasteiger partial charge in [-0.1, -0.05) is 0 Å². The molecule has 0 aliphatic heterocycles. The maximum atomic E-state index is 12.0. The van der Waals surface area contributed by atoms with Gasteiger partial charge in [0.15, 0.2) is 0 Å². The second-order valence-corrected chi connectivity index (χ2v) is 5.55. The Kier molecular flexibility index (Phi) is 7.34. The Hall–Kier alpha value is -2.32. The third kappa shape index (κ3) is 8.08. The molecule has 0 heterocycles. The number of alkyl carbamates (subject to hydrolysis) is 1. The maximum absolute atomic E-state index is 12.0. The minimum absolute atomic E-state index is 0.654. The zero-order chi connectivity index (χ0) is 17.5. The zero-order valence-electron chi connectivity index (χ0n) is 13.3. The highest BCUT2D eigenvalue weighted by Gasteiger charge is 2.28.